The van der Waals surface area contributed by atoms with Gasteiger partial charge < -0.3 is 45.1 Å². The maximum atomic E-state index is 13.4. The van der Waals surface area contributed by atoms with Crippen molar-refractivity contribution in [3.8, 4) is 0 Å². The highest BCUT2D eigenvalue weighted by Gasteiger charge is 2.47. The van der Waals surface area contributed by atoms with E-state index in [4.69, 9.17) is 14.2 Å². The summed E-state index contributed by atoms with van der Waals surface area (Å²) in [5.74, 6) is -1.25. The number of hydrogen-bond donors (Lipinski definition) is 6. The molecule has 11 heteroatoms. The van der Waals surface area contributed by atoms with Gasteiger partial charge in [0.05, 0.1) is 25.4 Å². The quantitative estimate of drug-likeness (QED) is 0.0149. The van der Waals surface area contributed by atoms with Gasteiger partial charge in [0.2, 0.25) is 5.91 Å². The lowest BCUT2D eigenvalue weighted by Gasteiger charge is -2.41. The van der Waals surface area contributed by atoms with Crippen LogP contribution in [-0.4, -0.2) is 99.6 Å². The van der Waals surface area contributed by atoms with Crippen LogP contribution in [0, 0.1) is 0 Å². The number of ether oxygens (including phenoxy) is 3. The number of allylic oxidation sites excluding steroid dienone is 15. The highest BCUT2D eigenvalue weighted by Crippen LogP contribution is 2.26. The molecule has 0 aromatic carbocycles. The maximum Gasteiger partial charge on any atom is 0.306 e. The van der Waals surface area contributed by atoms with Gasteiger partial charge in [-0.25, -0.2) is 0 Å². The minimum absolute atomic E-state index is 0.0797. The van der Waals surface area contributed by atoms with Crippen molar-refractivity contribution in [2.75, 3.05) is 13.2 Å². The van der Waals surface area contributed by atoms with Crippen molar-refractivity contribution in [3.63, 3.8) is 0 Å². The van der Waals surface area contributed by atoms with Gasteiger partial charge in [-0.05, 0) is 89.9 Å². The van der Waals surface area contributed by atoms with Crippen LogP contribution in [0.2, 0.25) is 0 Å². The van der Waals surface area contributed by atoms with Crippen LogP contribution < -0.4 is 5.32 Å². The molecule has 73 heavy (non-hydrogen) atoms. The van der Waals surface area contributed by atoms with Gasteiger partial charge in [-0.15, -0.1) is 0 Å². The fourth-order valence-electron chi connectivity index (χ4n) is 8.40. The summed E-state index contributed by atoms with van der Waals surface area (Å²) < 4.78 is 17.5. The zero-order chi connectivity index (χ0) is 53.3. The summed E-state index contributed by atoms with van der Waals surface area (Å²) in [5.41, 5.74) is 0. The molecule has 0 aliphatic carbocycles. The number of aliphatic hydroxyl groups is 5. The fourth-order valence-corrected chi connectivity index (χ4v) is 8.40. The number of amides is 1. The standard InChI is InChI=1S/C62H105NO10/c1-4-7-10-13-16-19-22-24-26-27-28-29-30-32-35-38-41-44-47-50-57(67)73-60-59(69)58(68)56(51-64)72-62(60)71-52-53(54(65)48-45-42-39-36-33-21-18-15-12-9-6-3)63-61(70)55(66)49-46-43-40-37-34-31-25-23-20-17-14-11-8-5-2/h8,11,14,16-17,19-20,23-24,26,28-29,32,35,45,48,53-56,58-60,62,64-66,68-69H,4-7,9-10,12-13,15,18,21-22,25,27,30-31,33-34,36-44,46-47,49-52H2,1-3H3,(H,63,70)/b11-8+,17-14+,19-16-,23-20+,26-24-,29-28-,35-32-,48-45+. The van der Waals surface area contributed by atoms with Crippen molar-refractivity contribution in [1.29, 1.82) is 0 Å². The van der Waals surface area contributed by atoms with Crippen LogP contribution in [0.1, 0.15) is 220 Å². The fraction of sp³-hybridized carbons (Fsp3) is 0.710. The minimum Gasteiger partial charge on any atom is -0.454 e. The first-order valence-corrected chi connectivity index (χ1v) is 29.0. The molecule has 0 spiro atoms. The van der Waals surface area contributed by atoms with E-state index in [1.807, 2.05) is 18.2 Å². The molecule has 6 N–H and O–H groups in total. The first kappa shape index (κ1) is 67.6. The third-order valence-electron chi connectivity index (χ3n) is 13.0. The summed E-state index contributed by atoms with van der Waals surface area (Å²) in [7, 11) is 0. The summed E-state index contributed by atoms with van der Waals surface area (Å²) in [4.78, 5) is 26.5. The predicted octanol–water partition coefficient (Wildman–Crippen LogP) is 13.2. The van der Waals surface area contributed by atoms with Gasteiger partial charge in [-0.2, -0.15) is 0 Å². The second-order valence-corrected chi connectivity index (χ2v) is 19.7. The normalized spacial score (nSPS) is 20.1. The molecule has 8 unspecified atom stereocenters. The van der Waals surface area contributed by atoms with Gasteiger partial charge >= 0.3 is 5.97 Å². The zero-order valence-corrected chi connectivity index (χ0v) is 46.0. The van der Waals surface area contributed by atoms with Gasteiger partial charge in [0, 0.05) is 6.42 Å². The number of hydrogen-bond acceptors (Lipinski definition) is 10. The smallest absolute Gasteiger partial charge is 0.306 e. The van der Waals surface area contributed by atoms with E-state index < -0.39 is 67.4 Å². The van der Waals surface area contributed by atoms with E-state index in [0.717, 1.165) is 109 Å². The third kappa shape index (κ3) is 37.9. The maximum absolute atomic E-state index is 13.4. The Balaban J connectivity index is 2.74. The van der Waals surface area contributed by atoms with Gasteiger partial charge in [-0.3, -0.25) is 9.59 Å². The number of nitrogens with one attached hydrogen (secondary N) is 1. The van der Waals surface area contributed by atoms with E-state index in [1.165, 1.54) is 64.2 Å². The number of rotatable bonds is 47. The van der Waals surface area contributed by atoms with Gasteiger partial charge in [0.15, 0.2) is 12.4 Å². The Kier molecular flexibility index (Phi) is 45.8. The molecule has 0 aromatic rings. The van der Waals surface area contributed by atoms with Crippen LogP contribution in [0.25, 0.3) is 0 Å². The lowest BCUT2D eigenvalue weighted by atomic mass is 9.99. The van der Waals surface area contributed by atoms with Gasteiger partial charge in [0.1, 0.15) is 24.4 Å². The van der Waals surface area contributed by atoms with Crippen LogP contribution in [0.3, 0.4) is 0 Å². The first-order valence-electron chi connectivity index (χ1n) is 29.0. The Morgan fingerprint density at radius 1 is 0.562 bits per heavy atom. The lowest BCUT2D eigenvalue weighted by Crippen LogP contribution is -2.61. The number of carbonyl (C=O) groups excluding carboxylic acids is 2. The molecule has 1 aliphatic rings. The molecule has 1 saturated heterocycles. The topological polar surface area (TPSA) is 175 Å². The van der Waals surface area contributed by atoms with E-state index in [2.05, 4.69) is 99.0 Å². The lowest BCUT2D eigenvalue weighted by molar-refractivity contribution is -0.305. The van der Waals surface area contributed by atoms with Gasteiger partial charge in [0.25, 0.3) is 0 Å². The number of carbonyl (C=O) groups is 2. The molecule has 1 aliphatic heterocycles. The zero-order valence-electron chi connectivity index (χ0n) is 46.0. The second kappa shape index (κ2) is 49.5. The average Bonchev–Trinajstić information content (AvgIpc) is 3.39. The van der Waals surface area contributed by atoms with Crippen molar-refractivity contribution in [3.05, 3.63) is 97.2 Å². The molecule has 0 radical (unpaired) electrons. The molecule has 11 nitrogen and oxygen atoms in total. The van der Waals surface area contributed by atoms with E-state index in [9.17, 15) is 35.1 Å². The van der Waals surface area contributed by atoms with Crippen LogP contribution >= 0.6 is 0 Å². The monoisotopic (exact) mass is 1020 g/mol. The second-order valence-electron chi connectivity index (χ2n) is 19.7. The Bertz CT molecular complexity index is 1550. The highest BCUT2D eigenvalue weighted by molar-refractivity contribution is 5.80. The van der Waals surface area contributed by atoms with Crippen LogP contribution in [0.5, 0.6) is 0 Å². The first-order chi connectivity index (χ1) is 35.7. The molecule has 0 saturated carbocycles. The Morgan fingerprint density at radius 3 is 1.62 bits per heavy atom. The summed E-state index contributed by atoms with van der Waals surface area (Å²) in [6, 6.07) is -1.04. The largest absolute Gasteiger partial charge is 0.454 e. The summed E-state index contributed by atoms with van der Waals surface area (Å²) in [6.07, 6.45) is 54.5. The average molecular weight is 1020 g/mol. The van der Waals surface area contributed by atoms with Crippen LogP contribution in [0.4, 0.5) is 0 Å². The molecule has 1 fully saturated rings. The van der Waals surface area contributed by atoms with E-state index in [-0.39, 0.29) is 19.4 Å². The summed E-state index contributed by atoms with van der Waals surface area (Å²) in [5, 5.41) is 56.8. The molecular weight excluding hydrogens is 919 g/mol. The molecule has 8 atom stereocenters. The molecule has 0 bridgehead atoms. The van der Waals surface area contributed by atoms with Crippen LogP contribution in [-0.2, 0) is 23.8 Å². The Labute approximate surface area is 444 Å². The SMILES string of the molecule is CC/C=C/C=C/C=C/CCCCCCCCC(O)C(=O)NC(COC1OC(CO)C(O)C(O)C1OC(=O)CCCCC/C=C\C/C=C\C/C=C\C/C=C\CCCCC)C(O)/C=C/CCCCCCCCCCC. The minimum atomic E-state index is -1.63. The Morgan fingerprint density at radius 2 is 1.04 bits per heavy atom. The third-order valence-corrected chi connectivity index (χ3v) is 13.0. The molecule has 1 heterocycles. The van der Waals surface area contributed by atoms with E-state index >= 15 is 0 Å². The molecule has 1 amide bonds. The van der Waals surface area contributed by atoms with Crippen molar-refractivity contribution in [2.45, 2.75) is 269 Å². The number of unbranched alkanes of at least 4 members (excludes halogenated alkanes) is 21. The number of aliphatic hydroxyl groups excluding tert-OH is 5. The Hall–Kier alpha value is -3.42. The molecule has 1 rings (SSSR count). The summed E-state index contributed by atoms with van der Waals surface area (Å²) >= 11 is 0. The van der Waals surface area contributed by atoms with Crippen LogP contribution in [0.15, 0.2) is 97.2 Å². The van der Waals surface area contributed by atoms with Crippen molar-refractivity contribution in [1.82, 2.24) is 5.32 Å². The van der Waals surface area contributed by atoms with E-state index in [0.29, 0.717) is 12.8 Å². The molecular formula is C62H105NO10. The predicted molar refractivity (Wildman–Crippen MR) is 301 cm³/mol. The van der Waals surface area contributed by atoms with Crippen molar-refractivity contribution < 1.29 is 49.3 Å². The van der Waals surface area contributed by atoms with Crippen molar-refractivity contribution in [2.24, 2.45) is 0 Å². The molecule has 0 aromatic heterocycles. The molecule has 418 valence electrons. The summed E-state index contributed by atoms with van der Waals surface area (Å²) in [6.45, 7) is 5.57. The van der Waals surface area contributed by atoms with E-state index in [1.54, 1.807) is 6.08 Å². The highest BCUT2D eigenvalue weighted by atomic mass is 16.7. The van der Waals surface area contributed by atoms with Gasteiger partial charge in [-0.1, -0.05) is 221 Å². The number of esters is 1. The van der Waals surface area contributed by atoms with Crippen molar-refractivity contribution >= 4 is 11.9 Å².